The van der Waals surface area contributed by atoms with Crippen LogP contribution in [0.3, 0.4) is 0 Å². The van der Waals surface area contributed by atoms with Gasteiger partial charge >= 0.3 is 0 Å². The summed E-state index contributed by atoms with van der Waals surface area (Å²) in [6.45, 7) is 9.72. The minimum atomic E-state index is -0.203. The van der Waals surface area contributed by atoms with Gasteiger partial charge in [-0.05, 0) is 86.0 Å². The molecule has 2 aromatic heterocycles. The minimum Gasteiger partial charge on any atom is -0.309 e. The van der Waals surface area contributed by atoms with E-state index in [0.29, 0.717) is 0 Å². The Balaban J connectivity index is 1.19. The van der Waals surface area contributed by atoms with Crippen molar-refractivity contribution in [2.75, 3.05) is 0 Å². The van der Waals surface area contributed by atoms with Crippen LogP contribution < -0.4 is 0 Å². The second kappa shape index (κ2) is 11.5. The molecule has 0 saturated carbocycles. The molecule has 0 radical (unpaired) electrons. The van der Waals surface area contributed by atoms with E-state index in [0.717, 1.165) is 33.8 Å². The fourth-order valence-corrected chi connectivity index (χ4v) is 10.0. The smallest absolute Gasteiger partial charge is 0.0715 e. The molecule has 0 atom stereocenters. The van der Waals surface area contributed by atoms with Gasteiger partial charge in [-0.1, -0.05) is 167 Å². The predicted octanol–water partition coefficient (Wildman–Crippen LogP) is 13.8. The first-order valence-electron chi connectivity index (χ1n) is 19.4. The van der Waals surface area contributed by atoms with Crippen LogP contribution >= 0.6 is 0 Å². The van der Waals surface area contributed by atoms with E-state index in [2.05, 4.69) is 202 Å². The number of para-hydroxylation sites is 1. The third-order valence-corrected chi connectivity index (χ3v) is 12.5. The molecule has 2 aliphatic rings. The van der Waals surface area contributed by atoms with E-state index in [1.54, 1.807) is 0 Å². The molecule has 0 spiro atoms. The normalized spacial score (nSPS) is 14.5. The number of benzene rings is 7. The van der Waals surface area contributed by atoms with Gasteiger partial charge < -0.3 is 4.57 Å². The number of hydrogen-bond acceptors (Lipinski definition) is 1. The SMILES string of the molecule is CC1(C)c2ccccc2-c2c1c1c(c3c2c2ccccc2n3-c2ccc(-c3cc(-c4ccccc4)cc(-c4ccccc4)n3)cc2)C(C)(C)c2ccccc2-1. The van der Waals surface area contributed by atoms with E-state index < -0.39 is 0 Å². The highest BCUT2D eigenvalue weighted by atomic mass is 15.0. The van der Waals surface area contributed by atoms with E-state index in [1.165, 1.54) is 71.9 Å². The molecule has 0 amide bonds. The van der Waals surface area contributed by atoms with Crippen LogP contribution in [-0.2, 0) is 10.8 Å². The summed E-state index contributed by atoms with van der Waals surface area (Å²) in [5, 5.41) is 2.65. The van der Waals surface area contributed by atoms with Gasteiger partial charge in [0.25, 0.3) is 0 Å². The van der Waals surface area contributed by atoms with Crippen molar-refractivity contribution in [3.8, 4) is 61.6 Å². The molecule has 11 rings (SSSR count). The van der Waals surface area contributed by atoms with Gasteiger partial charge in [0.2, 0.25) is 0 Å². The quantitative estimate of drug-likeness (QED) is 0.178. The summed E-state index contributed by atoms with van der Waals surface area (Å²) in [4.78, 5) is 5.25. The topological polar surface area (TPSA) is 17.8 Å². The number of fused-ring (bicyclic) bond motifs is 12. The summed E-state index contributed by atoms with van der Waals surface area (Å²) in [5.41, 5.74) is 21.0. The summed E-state index contributed by atoms with van der Waals surface area (Å²) in [7, 11) is 0. The van der Waals surface area contributed by atoms with Crippen LogP contribution in [0.2, 0.25) is 0 Å². The largest absolute Gasteiger partial charge is 0.309 e. The molecule has 55 heavy (non-hydrogen) atoms. The Morgan fingerprint density at radius 2 is 0.945 bits per heavy atom. The molecule has 9 aromatic rings. The van der Waals surface area contributed by atoms with Crippen molar-refractivity contribution in [2.24, 2.45) is 0 Å². The van der Waals surface area contributed by atoms with Crippen LogP contribution in [0.5, 0.6) is 0 Å². The Morgan fingerprint density at radius 1 is 0.436 bits per heavy atom. The van der Waals surface area contributed by atoms with Crippen molar-refractivity contribution in [1.29, 1.82) is 0 Å². The van der Waals surface area contributed by atoms with Gasteiger partial charge in [-0.25, -0.2) is 4.98 Å². The zero-order chi connectivity index (χ0) is 37.1. The second-order valence-electron chi connectivity index (χ2n) is 16.3. The molecule has 2 heterocycles. The monoisotopic (exact) mass is 704 g/mol. The Hall–Kier alpha value is -6.51. The zero-order valence-electron chi connectivity index (χ0n) is 31.6. The molecule has 262 valence electrons. The van der Waals surface area contributed by atoms with Crippen LogP contribution in [-0.4, -0.2) is 9.55 Å². The second-order valence-corrected chi connectivity index (χ2v) is 16.3. The summed E-state index contributed by atoms with van der Waals surface area (Å²) in [6.07, 6.45) is 0. The van der Waals surface area contributed by atoms with Gasteiger partial charge in [0.15, 0.2) is 0 Å². The summed E-state index contributed by atoms with van der Waals surface area (Å²) < 4.78 is 2.55. The molecular weight excluding hydrogens is 665 g/mol. The maximum Gasteiger partial charge on any atom is 0.0715 e. The zero-order valence-corrected chi connectivity index (χ0v) is 31.6. The Labute approximate surface area is 322 Å². The standard InChI is InChI=1S/C53H40N2/c1-52(2)41-24-14-11-21-38(41)46-47-40-23-13-16-26-45(40)55(51(47)50-48(49(46)52)39-22-12-15-25-42(39)53(50,3)4)37-29-27-35(28-30-37)44-32-36(33-17-7-5-8-18-33)31-43(54-44)34-19-9-6-10-20-34/h5-32H,1-4H3. The van der Waals surface area contributed by atoms with E-state index >= 15 is 0 Å². The first kappa shape index (κ1) is 32.0. The highest BCUT2D eigenvalue weighted by molar-refractivity contribution is 6.22. The van der Waals surface area contributed by atoms with Crippen molar-refractivity contribution < 1.29 is 0 Å². The Morgan fingerprint density at radius 3 is 1.60 bits per heavy atom. The van der Waals surface area contributed by atoms with Gasteiger partial charge in [-0.2, -0.15) is 0 Å². The number of aromatic nitrogens is 2. The third kappa shape index (κ3) is 4.46. The van der Waals surface area contributed by atoms with Crippen LogP contribution in [0.1, 0.15) is 49.9 Å². The first-order chi connectivity index (χ1) is 26.8. The number of hydrogen-bond donors (Lipinski definition) is 0. The Bertz CT molecular complexity index is 2940. The molecule has 0 fully saturated rings. The van der Waals surface area contributed by atoms with Crippen LogP contribution in [0.15, 0.2) is 170 Å². The molecule has 2 heteroatoms. The highest BCUT2D eigenvalue weighted by Gasteiger charge is 2.47. The predicted molar refractivity (Wildman–Crippen MR) is 230 cm³/mol. The molecule has 0 aliphatic heterocycles. The van der Waals surface area contributed by atoms with Gasteiger partial charge in [-0.15, -0.1) is 0 Å². The van der Waals surface area contributed by atoms with Gasteiger partial charge in [0, 0.05) is 38.4 Å². The van der Waals surface area contributed by atoms with Crippen LogP contribution in [0.25, 0.3) is 83.4 Å². The van der Waals surface area contributed by atoms with E-state index in [9.17, 15) is 0 Å². The van der Waals surface area contributed by atoms with E-state index in [-0.39, 0.29) is 10.8 Å². The first-order valence-corrected chi connectivity index (χ1v) is 19.4. The maximum atomic E-state index is 5.25. The molecule has 2 nitrogen and oxygen atoms in total. The molecule has 0 bridgehead atoms. The number of rotatable bonds is 4. The lowest BCUT2D eigenvalue weighted by atomic mass is 9.76. The average Bonchev–Trinajstić information content (AvgIpc) is 3.78. The summed E-state index contributed by atoms with van der Waals surface area (Å²) in [5.74, 6) is 0. The minimum absolute atomic E-state index is 0.150. The third-order valence-electron chi connectivity index (χ3n) is 12.5. The molecular formula is C53H40N2. The Kier molecular flexibility index (Phi) is 6.68. The van der Waals surface area contributed by atoms with Crippen LogP contribution in [0.4, 0.5) is 0 Å². The molecule has 0 saturated heterocycles. The summed E-state index contributed by atoms with van der Waals surface area (Å²) in [6, 6.07) is 62.0. The van der Waals surface area contributed by atoms with Gasteiger partial charge in [0.05, 0.1) is 22.4 Å². The van der Waals surface area contributed by atoms with E-state index in [4.69, 9.17) is 4.98 Å². The number of nitrogens with zero attached hydrogens (tertiary/aromatic N) is 2. The van der Waals surface area contributed by atoms with Gasteiger partial charge in [0.1, 0.15) is 0 Å². The lowest BCUT2D eigenvalue weighted by Gasteiger charge is -2.28. The molecule has 7 aromatic carbocycles. The van der Waals surface area contributed by atoms with Gasteiger partial charge in [-0.3, -0.25) is 0 Å². The summed E-state index contributed by atoms with van der Waals surface area (Å²) >= 11 is 0. The molecule has 2 aliphatic carbocycles. The fraction of sp³-hybridized carbons (Fsp3) is 0.113. The number of pyridine rings is 1. The van der Waals surface area contributed by atoms with Crippen molar-refractivity contribution >= 4 is 21.8 Å². The molecule has 0 N–H and O–H groups in total. The van der Waals surface area contributed by atoms with Crippen molar-refractivity contribution in [1.82, 2.24) is 9.55 Å². The van der Waals surface area contributed by atoms with E-state index in [1.807, 2.05) is 0 Å². The van der Waals surface area contributed by atoms with Crippen molar-refractivity contribution in [2.45, 2.75) is 38.5 Å². The lowest BCUT2D eigenvalue weighted by molar-refractivity contribution is 0.650. The fourth-order valence-electron chi connectivity index (χ4n) is 10.0. The average molecular weight is 705 g/mol. The molecule has 0 unspecified atom stereocenters. The van der Waals surface area contributed by atoms with Crippen molar-refractivity contribution in [3.63, 3.8) is 0 Å². The highest BCUT2D eigenvalue weighted by Crippen LogP contribution is 2.63. The van der Waals surface area contributed by atoms with Crippen molar-refractivity contribution in [3.05, 3.63) is 192 Å². The van der Waals surface area contributed by atoms with Crippen LogP contribution in [0, 0.1) is 0 Å². The lowest BCUT2D eigenvalue weighted by Crippen LogP contribution is -2.19. The maximum absolute atomic E-state index is 5.25.